The van der Waals surface area contributed by atoms with Crippen molar-refractivity contribution in [1.29, 1.82) is 0 Å². The predicted molar refractivity (Wildman–Crippen MR) is 81.6 cm³/mol. The number of hydrogen-bond acceptors (Lipinski definition) is 3. The van der Waals surface area contributed by atoms with Crippen LogP contribution in [0.15, 0.2) is 54.7 Å². The van der Waals surface area contributed by atoms with Gasteiger partial charge in [-0.1, -0.05) is 36.4 Å². The molecule has 0 aliphatic carbocycles. The highest BCUT2D eigenvalue weighted by Gasteiger charge is 2.14. The van der Waals surface area contributed by atoms with Gasteiger partial charge >= 0.3 is 0 Å². The van der Waals surface area contributed by atoms with Crippen LogP contribution in [0, 0.1) is 0 Å². The molecule has 0 bridgehead atoms. The minimum absolute atomic E-state index is 0.472. The second-order valence-corrected chi connectivity index (χ2v) is 4.86. The Morgan fingerprint density at radius 3 is 2.60 bits per heavy atom. The first-order valence-electron chi connectivity index (χ1n) is 6.70. The van der Waals surface area contributed by atoms with Gasteiger partial charge in [0.05, 0.1) is 5.69 Å². The summed E-state index contributed by atoms with van der Waals surface area (Å²) in [6, 6.07) is 16.4. The summed E-state index contributed by atoms with van der Waals surface area (Å²) in [4.78, 5) is 6.83. The van der Waals surface area contributed by atoms with E-state index in [9.17, 15) is 0 Å². The Balaban J connectivity index is 1.97. The fourth-order valence-electron chi connectivity index (χ4n) is 2.46. The van der Waals surface area contributed by atoms with E-state index in [2.05, 4.69) is 38.6 Å². The summed E-state index contributed by atoms with van der Waals surface area (Å²) in [7, 11) is 2.05. The number of pyridine rings is 1. The summed E-state index contributed by atoms with van der Waals surface area (Å²) in [6.45, 7) is 1.29. The maximum atomic E-state index is 5.90. The molecule has 102 valence electrons. The molecular weight excluding hydrogens is 248 g/mol. The predicted octanol–water partition coefficient (Wildman–Crippen LogP) is 2.43. The lowest BCUT2D eigenvalue weighted by molar-refractivity contribution is 0.873. The minimum Gasteiger partial charge on any atom is -0.354 e. The molecule has 0 saturated carbocycles. The zero-order valence-corrected chi connectivity index (χ0v) is 11.5. The summed E-state index contributed by atoms with van der Waals surface area (Å²) in [5, 5.41) is 0. The van der Waals surface area contributed by atoms with E-state index >= 15 is 0 Å². The smallest absolute Gasteiger partial charge is 0.152 e. The molecule has 20 heavy (non-hydrogen) atoms. The number of hydrogen-bond donors (Lipinski definition) is 1. The number of nitrogens with zero attached hydrogens (tertiary/aromatic N) is 3. The van der Waals surface area contributed by atoms with E-state index in [1.807, 2.05) is 37.5 Å². The van der Waals surface area contributed by atoms with Crippen molar-refractivity contribution in [2.75, 3.05) is 11.9 Å². The van der Waals surface area contributed by atoms with Crippen LogP contribution in [0.25, 0.3) is 5.65 Å². The highest BCUT2D eigenvalue weighted by atomic mass is 15.2. The van der Waals surface area contributed by atoms with Gasteiger partial charge in [0.15, 0.2) is 5.82 Å². The Morgan fingerprint density at radius 2 is 1.85 bits per heavy atom. The lowest BCUT2D eigenvalue weighted by Crippen LogP contribution is -2.19. The van der Waals surface area contributed by atoms with Crippen molar-refractivity contribution in [3.8, 4) is 0 Å². The average Bonchev–Trinajstić information content (AvgIpc) is 2.87. The van der Waals surface area contributed by atoms with Gasteiger partial charge in [-0.25, -0.2) is 4.98 Å². The number of rotatable bonds is 4. The van der Waals surface area contributed by atoms with Crippen molar-refractivity contribution >= 4 is 11.5 Å². The van der Waals surface area contributed by atoms with Crippen molar-refractivity contribution in [2.24, 2.45) is 5.73 Å². The molecule has 0 spiro atoms. The monoisotopic (exact) mass is 266 g/mol. The van der Waals surface area contributed by atoms with Gasteiger partial charge in [0.25, 0.3) is 0 Å². The zero-order chi connectivity index (χ0) is 13.9. The first kappa shape index (κ1) is 12.7. The molecule has 0 saturated heterocycles. The third kappa shape index (κ3) is 2.26. The van der Waals surface area contributed by atoms with Crippen molar-refractivity contribution in [3.63, 3.8) is 0 Å². The lowest BCUT2D eigenvalue weighted by atomic mass is 10.2. The molecule has 0 unspecified atom stereocenters. The topological polar surface area (TPSA) is 46.6 Å². The van der Waals surface area contributed by atoms with Crippen LogP contribution in [0.3, 0.4) is 0 Å². The Labute approximate surface area is 118 Å². The van der Waals surface area contributed by atoms with Crippen molar-refractivity contribution in [3.05, 3.63) is 66.0 Å². The van der Waals surface area contributed by atoms with Crippen LogP contribution in [-0.4, -0.2) is 16.4 Å². The summed E-state index contributed by atoms with van der Waals surface area (Å²) < 4.78 is 2.05. The fraction of sp³-hybridized carbons (Fsp3) is 0.188. The lowest BCUT2D eigenvalue weighted by Gasteiger charge is -2.18. The van der Waals surface area contributed by atoms with E-state index in [0.29, 0.717) is 6.54 Å². The van der Waals surface area contributed by atoms with Gasteiger partial charge in [-0.3, -0.25) is 0 Å². The van der Waals surface area contributed by atoms with Gasteiger partial charge < -0.3 is 15.0 Å². The number of nitrogens with two attached hydrogens (primary N) is 1. The normalized spacial score (nSPS) is 10.9. The van der Waals surface area contributed by atoms with Crippen LogP contribution in [0.1, 0.15) is 11.3 Å². The molecule has 0 aliphatic heterocycles. The number of imidazole rings is 1. The van der Waals surface area contributed by atoms with Crippen LogP contribution in [0.2, 0.25) is 0 Å². The van der Waals surface area contributed by atoms with Gasteiger partial charge in [-0.15, -0.1) is 0 Å². The Bertz CT molecular complexity index is 703. The van der Waals surface area contributed by atoms with E-state index in [-0.39, 0.29) is 0 Å². The van der Waals surface area contributed by atoms with Crippen molar-refractivity contribution in [2.45, 2.75) is 13.1 Å². The van der Waals surface area contributed by atoms with E-state index < -0.39 is 0 Å². The van der Waals surface area contributed by atoms with Gasteiger partial charge in [0.1, 0.15) is 5.65 Å². The standard InChI is InChI=1S/C16H18N4/c1-19(12-13-7-3-2-4-8-13)16-14(11-17)20-10-6-5-9-15(20)18-16/h2-10H,11-12,17H2,1H3. The summed E-state index contributed by atoms with van der Waals surface area (Å²) >= 11 is 0. The van der Waals surface area contributed by atoms with Crippen LogP contribution < -0.4 is 10.6 Å². The highest BCUT2D eigenvalue weighted by Crippen LogP contribution is 2.21. The van der Waals surface area contributed by atoms with Crippen LogP contribution in [-0.2, 0) is 13.1 Å². The third-order valence-electron chi connectivity index (χ3n) is 3.43. The van der Waals surface area contributed by atoms with E-state index in [1.54, 1.807) is 0 Å². The van der Waals surface area contributed by atoms with E-state index in [1.165, 1.54) is 5.56 Å². The maximum Gasteiger partial charge on any atom is 0.152 e. The third-order valence-corrected chi connectivity index (χ3v) is 3.43. The first-order valence-corrected chi connectivity index (χ1v) is 6.70. The molecule has 2 aromatic heterocycles. The van der Waals surface area contributed by atoms with Gasteiger partial charge in [-0.05, 0) is 17.7 Å². The first-order chi connectivity index (χ1) is 9.79. The Kier molecular flexibility index (Phi) is 3.39. The molecule has 4 heteroatoms. The largest absolute Gasteiger partial charge is 0.354 e. The molecule has 4 nitrogen and oxygen atoms in total. The molecule has 0 radical (unpaired) electrons. The van der Waals surface area contributed by atoms with Gasteiger partial charge in [0.2, 0.25) is 0 Å². The molecule has 2 heterocycles. The molecule has 3 rings (SSSR count). The van der Waals surface area contributed by atoms with Crippen LogP contribution in [0.5, 0.6) is 0 Å². The Hall–Kier alpha value is -2.33. The molecule has 0 amide bonds. The number of aromatic nitrogens is 2. The minimum atomic E-state index is 0.472. The maximum absolute atomic E-state index is 5.90. The number of fused-ring (bicyclic) bond motifs is 1. The Morgan fingerprint density at radius 1 is 1.10 bits per heavy atom. The summed E-state index contributed by atoms with van der Waals surface area (Å²) in [5.41, 5.74) is 9.14. The quantitative estimate of drug-likeness (QED) is 0.789. The molecule has 0 atom stereocenters. The fourth-order valence-corrected chi connectivity index (χ4v) is 2.46. The summed E-state index contributed by atoms with van der Waals surface area (Å²) in [6.07, 6.45) is 2.00. The molecule has 1 aromatic carbocycles. The number of anilines is 1. The van der Waals surface area contributed by atoms with E-state index in [0.717, 1.165) is 23.7 Å². The SMILES string of the molecule is CN(Cc1ccccc1)c1nc2ccccn2c1CN. The molecule has 3 aromatic rings. The highest BCUT2D eigenvalue weighted by molar-refractivity contribution is 5.55. The summed E-state index contributed by atoms with van der Waals surface area (Å²) in [5.74, 6) is 0.947. The van der Waals surface area contributed by atoms with Crippen molar-refractivity contribution in [1.82, 2.24) is 9.38 Å². The second-order valence-electron chi connectivity index (χ2n) is 4.86. The van der Waals surface area contributed by atoms with Gasteiger partial charge in [0, 0.05) is 26.3 Å². The second kappa shape index (κ2) is 5.35. The molecular formula is C16H18N4. The van der Waals surface area contributed by atoms with Crippen molar-refractivity contribution < 1.29 is 0 Å². The van der Waals surface area contributed by atoms with E-state index in [4.69, 9.17) is 5.73 Å². The van der Waals surface area contributed by atoms with Crippen LogP contribution >= 0.6 is 0 Å². The van der Waals surface area contributed by atoms with Crippen LogP contribution in [0.4, 0.5) is 5.82 Å². The molecule has 0 fully saturated rings. The van der Waals surface area contributed by atoms with Gasteiger partial charge in [-0.2, -0.15) is 0 Å². The average molecular weight is 266 g/mol. The molecule has 2 N–H and O–H groups in total. The molecule has 0 aliphatic rings. The number of benzene rings is 1. The zero-order valence-electron chi connectivity index (χ0n) is 11.5.